The van der Waals surface area contributed by atoms with E-state index in [4.69, 9.17) is 4.98 Å². The van der Waals surface area contributed by atoms with Gasteiger partial charge in [-0.1, -0.05) is 18.2 Å². The van der Waals surface area contributed by atoms with Crippen molar-refractivity contribution in [1.82, 2.24) is 9.97 Å². The van der Waals surface area contributed by atoms with Crippen LogP contribution in [-0.2, 0) is 6.54 Å². The molecule has 1 unspecified atom stereocenters. The molecule has 142 valence electrons. The molecule has 2 N–H and O–H groups in total. The van der Waals surface area contributed by atoms with E-state index in [9.17, 15) is 9.18 Å². The molecule has 1 aliphatic heterocycles. The SMILES string of the molecule is O=c1[nH]c(C[NH+]2CCC[C@@H]2c2cccs2)nc2scc(-c3ccc(F)cc3)c12. The molecule has 0 bridgehead atoms. The molecule has 5 rings (SSSR count). The molecule has 7 heteroatoms. The molecule has 1 saturated heterocycles. The van der Waals surface area contributed by atoms with E-state index in [1.165, 1.54) is 46.1 Å². The second-order valence-electron chi connectivity index (χ2n) is 7.14. The first-order valence-electron chi connectivity index (χ1n) is 9.33. The minimum Gasteiger partial charge on any atom is -0.322 e. The first kappa shape index (κ1) is 17.7. The zero-order valence-corrected chi connectivity index (χ0v) is 16.7. The number of hydrogen-bond donors (Lipinski definition) is 2. The summed E-state index contributed by atoms with van der Waals surface area (Å²) in [6.07, 6.45) is 2.37. The molecule has 4 heterocycles. The first-order valence-corrected chi connectivity index (χ1v) is 11.1. The Morgan fingerprint density at radius 1 is 1.21 bits per heavy atom. The van der Waals surface area contributed by atoms with Crippen LogP contribution in [0.25, 0.3) is 21.3 Å². The predicted molar refractivity (Wildman–Crippen MR) is 111 cm³/mol. The van der Waals surface area contributed by atoms with Gasteiger partial charge in [0.05, 0.1) is 16.8 Å². The molecule has 0 spiro atoms. The van der Waals surface area contributed by atoms with Crippen molar-refractivity contribution in [3.63, 3.8) is 0 Å². The second-order valence-corrected chi connectivity index (χ2v) is 8.98. The summed E-state index contributed by atoms with van der Waals surface area (Å²) in [4.78, 5) is 24.2. The number of rotatable bonds is 4. The van der Waals surface area contributed by atoms with Crippen molar-refractivity contribution in [2.24, 2.45) is 0 Å². The number of likely N-dealkylation sites (tertiary alicyclic amines) is 1. The molecular formula is C21H19FN3OS2+. The summed E-state index contributed by atoms with van der Waals surface area (Å²) in [5.74, 6) is 0.454. The fourth-order valence-electron chi connectivity index (χ4n) is 4.09. The number of hydrogen-bond acceptors (Lipinski definition) is 4. The van der Waals surface area contributed by atoms with E-state index >= 15 is 0 Å². The van der Waals surface area contributed by atoms with Gasteiger partial charge >= 0.3 is 0 Å². The highest BCUT2D eigenvalue weighted by Gasteiger charge is 2.31. The lowest BCUT2D eigenvalue weighted by atomic mass is 10.1. The van der Waals surface area contributed by atoms with Gasteiger partial charge in [0.1, 0.15) is 23.2 Å². The molecule has 3 aromatic heterocycles. The maximum absolute atomic E-state index is 13.2. The van der Waals surface area contributed by atoms with Gasteiger partial charge in [-0.3, -0.25) is 4.79 Å². The Labute approximate surface area is 169 Å². The Morgan fingerprint density at radius 2 is 2.07 bits per heavy atom. The standard InChI is InChI=1S/C21H18FN3OS2/c22-14-7-5-13(6-8-14)15-12-28-21-19(15)20(26)23-18(24-21)11-25-9-1-3-16(25)17-4-2-10-27-17/h2,4-8,10,12,16H,1,3,9,11H2,(H,23,24,26)/p+1/t16-/m1/s1. The fourth-order valence-corrected chi connectivity index (χ4v) is 5.98. The van der Waals surface area contributed by atoms with Crippen LogP contribution in [0.1, 0.15) is 29.6 Å². The number of nitrogens with zero attached hydrogens (tertiary/aromatic N) is 1. The van der Waals surface area contributed by atoms with Crippen molar-refractivity contribution in [2.45, 2.75) is 25.4 Å². The lowest BCUT2D eigenvalue weighted by Crippen LogP contribution is -3.09. The van der Waals surface area contributed by atoms with Gasteiger partial charge < -0.3 is 9.88 Å². The highest BCUT2D eigenvalue weighted by Crippen LogP contribution is 2.31. The smallest absolute Gasteiger partial charge is 0.260 e. The molecule has 0 amide bonds. The summed E-state index contributed by atoms with van der Waals surface area (Å²) in [6, 6.07) is 11.0. The van der Waals surface area contributed by atoms with E-state index in [0.29, 0.717) is 11.4 Å². The molecular weight excluding hydrogens is 393 g/mol. The van der Waals surface area contributed by atoms with Crippen LogP contribution in [0.2, 0.25) is 0 Å². The quantitative estimate of drug-likeness (QED) is 0.536. The van der Waals surface area contributed by atoms with Crippen LogP contribution in [-0.4, -0.2) is 16.5 Å². The van der Waals surface area contributed by atoms with Crippen LogP contribution in [0.15, 0.2) is 52.0 Å². The highest BCUT2D eigenvalue weighted by atomic mass is 32.1. The van der Waals surface area contributed by atoms with E-state index < -0.39 is 0 Å². The summed E-state index contributed by atoms with van der Waals surface area (Å²) in [5.41, 5.74) is 1.52. The lowest BCUT2D eigenvalue weighted by Gasteiger charge is -2.19. The van der Waals surface area contributed by atoms with Crippen molar-refractivity contribution >= 4 is 32.9 Å². The summed E-state index contributed by atoms with van der Waals surface area (Å²) in [5, 5.41) is 4.65. The van der Waals surface area contributed by atoms with Gasteiger partial charge in [-0.25, -0.2) is 9.37 Å². The van der Waals surface area contributed by atoms with Gasteiger partial charge in [-0.15, -0.1) is 22.7 Å². The van der Waals surface area contributed by atoms with Gasteiger partial charge in [0.25, 0.3) is 5.56 Å². The Morgan fingerprint density at radius 3 is 2.86 bits per heavy atom. The average Bonchev–Trinajstić information content (AvgIpc) is 3.42. The maximum Gasteiger partial charge on any atom is 0.260 e. The number of aromatic nitrogens is 2. The summed E-state index contributed by atoms with van der Waals surface area (Å²) >= 11 is 3.27. The third-order valence-electron chi connectivity index (χ3n) is 5.41. The van der Waals surface area contributed by atoms with Crippen molar-refractivity contribution < 1.29 is 9.29 Å². The predicted octanol–water partition coefficient (Wildman–Crippen LogP) is 3.77. The molecule has 28 heavy (non-hydrogen) atoms. The molecule has 4 nitrogen and oxygen atoms in total. The topological polar surface area (TPSA) is 50.2 Å². The number of fused-ring (bicyclic) bond motifs is 1. The van der Waals surface area contributed by atoms with Crippen molar-refractivity contribution in [3.8, 4) is 11.1 Å². The zero-order valence-electron chi connectivity index (χ0n) is 15.1. The van der Waals surface area contributed by atoms with Crippen LogP contribution < -0.4 is 10.5 Å². The minimum atomic E-state index is -0.286. The van der Waals surface area contributed by atoms with E-state index in [1.54, 1.807) is 23.5 Å². The molecule has 0 aliphatic carbocycles. The Kier molecular flexibility index (Phi) is 4.58. The third kappa shape index (κ3) is 3.19. The number of nitrogens with one attached hydrogen (secondary N) is 2. The molecule has 4 aromatic rings. The van der Waals surface area contributed by atoms with Crippen molar-refractivity contribution in [1.29, 1.82) is 0 Å². The summed E-state index contributed by atoms with van der Waals surface area (Å²) in [7, 11) is 0. The van der Waals surface area contributed by atoms with Crippen LogP contribution in [0.4, 0.5) is 4.39 Å². The highest BCUT2D eigenvalue weighted by molar-refractivity contribution is 7.17. The van der Waals surface area contributed by atoms with Gasteiger partial charge in [-0.2, -0.15) is 0 Å². The molecule has 0 saturated carbocycles. The third-order valence-corrected chi connectivity index (χ3v) is 7.27. The Hall–Kier alpha value is -2.35. The first-order chi connectivity index (χ1) is 13.7. The maximum atomic E-state index is 13.2. The number of thiophene rings is 2. The number of aromatic amines is 1. The largest absolute Gasteiger partial charge is 0.322 e. The van der Waals surface area contributed by atoms with E-state index in [2.05, 4.69) is 22.5 Å². The molecule has 0 radical (unpaired) electrons. The number of halogens is 1. The minimum absolute atomic E-state index is 0.119. The summed E-state index contributed by atoms with van der Waals surface area (Å²) in [6.45, 7) is 1.81. The van der Waals surface area contributed by atoms with Crippen LogP contribution >= 0.6 is 22.7 Å². The van der Waals surface area contributed by atoms with E-state index in [0.717, 1.165) is 34.9 Å². The van der Waals surface area contributed by atoms with Gasteiger partial charge in [0, 0.05) is 23.8 Å². The second kappa shape index (κ2) is 7.24. The Bertz CT molecular complexity index is 1160. The molecule has 1 aliphatic rings. The molecule has 1 fully saturated rings. The van der Waals surface area contributed by atoms with Crippen molar-refractivity contribution in [2.75, 3.05) is 6.54 Å². The van der Waals surface area contributed by atoms with Gasteiger partial charge in [-0.05, 0) is 29.1 Å². The van der Waals surface area contributed by atoms with E-state index in [1.807, 2.05) is 5.38 Å². The molecule has 1 aromatic carbocycles. The van der Waals surface area contributed by atoms with Crippen LogP contribution in [0.5, 0.6) is 0 Å². The number of quaternary nitrogens is 1. The van der Waals surface area contributed by atoms with Gasteiger partial charge in [0.15, 0.2) is 5.82 Å². The zero-order chi connectivity index (χ0) is 19.1. The normalized spacial score (nSPS) is 19.5. The van der Waals surface area contributed by atoms with E-state index in [-0.39, 0.29) is 11.4 Å². The Balaban J connectivity index is 1.47. The number of H-pyrrole nitrogens is 1. The monoisotopic (exact) mass is 412 g/mol. The molecule has 2 atom stereocenters. The lowest BCUT2D eigenvalue weighted by molar-refractivity contribution is -0.932. The summed E-state index contributed by atoms with van der Waals surface area (Å²) < 4.78 is 13.2. The number of benzene rings is 1. The van der Waals surface area contributed by atoms with Gasteiger partial charge in [0.2, 0.25) is 0 Å². The van der Waals surface area contributed by atoms with Crippen LogP contribution in [0, 0.1) is 5.82 Å². The van der Waals surface area contributed by atoms with Crippen molar-refractivity contribution in [3.05, 3.63) is 74.0 Å². The van der Waals surface area contributed by atoms with Crippen LogP contribution in [0.3, 0.4) is 0 Å². The fraction of sp³-hybridized carbons (Fsp3) is 0.238. The average molecular weight is 413 g/mol.